The molecule has 2 fully saturated rings. The van der Waals surface area contributed by atoms with Crippen LogP contribution in [-0.2, 0) is 0 Å². The van der Waals surface area contributed by atoms with Gasteiger partial charge in [0.15, 0.2) is 0 Å². The highest BCUT2D eigenvalue weighted by Gasteiger charge is 2.32. The Hall–Kier alpha value is -0.260. The molecule has 0 aromatic carbocycles. The molecule has 0 N–H and O–H groups in total. The zero-order chi connectivity index (χ0) is 10.1. The molecule has 0 bridgehead atoms. The smallest absolute Gasteiger partial charge is 0.0200 e. The van der Waals surface area contributed by atoms with E-state index in [-0.39, 0.29) is 0 Å². The molecular weight excluding hydrogens is 180 g/mol. The third-order valence-corrected chi connectivity index (χ3v) is 5.03. The fourth-order valence-electron chi connectivity index (χ4n) is 4.16. The first-order valence-electron chi connectivity index (χ1n) is 7.14. The summed E-state index contributed by atoms with van der Waals surface area (Å²) in [7, 11) is 0. The van der Waals surface area contributed by atoms with Crippen molar-refractivity contribution < 1.29 is 0 Å². The van der Waals surface area contributed by atoms with Crippen molar-refractivity contribution in [2.75, 3.05) is 0 Å². The highest BCUT2D eigenvalue weighted by molar-refractivity contribution is 5.15. The Bertz CT molecular complexity index is 251. The van der Waals surface area contributed by atoms with Crippen molar-refractivity contribution in [3.8, 4) is 0 Å². The Morgan fingerprint density at radius 3 is 2.73 bits per heavy atom. The SMILES string of the molecule is C1=C2CCCCCC2CC2CCCCC12. The molecule has 15 heavy (non-hydrogen) atoms. The first kappa shape index (κ1) is 9.93. The monoisotopic (exact) mass is 204 g/mol. The van der Waals surface area contributed by atoms with Crippen LogP contribution >= 0.6 is 0 Å². The molecule has 3 aliphatic rings. The molecule has 3 unspecified atom stereocenters. The van der Waals surface area contributed by atoms with Crippen LogP contribution in [0.4, 0.5) is 0 Å². The molecule has 0 aromatic heterocycles. The number of allylic oxidation sites excluding steroid dienone is 2. The molecule has 2 saturated carbocycles. The fraction of sp³-hybridized carbons (Fsp3) is 0.867. The lowest BCUT2D eigenvalue weighted by molar-refractivity contribution is 0.219. The molecule has 0 aliphatic heterocycles. The Morgan fingerprint density at radius 2 is 1.73 bits per heavy atom. The maximum Gasteiger partial charge on any atom is -0.0200 e. The van der Waals surface area contributed by atoms with Crippen LogP contribution in [0.2, 0.25) is 0 Å². The predicted molar refractivity (Wildman–Crippen MR) is 64.7 cm³/mol. The molecule has 84 valence electrons. The average Bonchev–Trinajstić information content (AvgIpc) is 2.50. The Morgan fingerprint density at radius 1 is 0.867 bits per heavy atom. The van der Waals surface area contributed by atoms with E-state index in [1.165, 1.54) is 57.8 Å². The van der Waals surface area contributed by atoms with Gasteiger partial charge in [0.2, 0.25) is 0 Å². The number of hydrogen-bond donors (Lipinski definition) is 0. The van der Waals surface area contributed by atoms with Gasteiger partial charge in [0.05, 0.1) is 0 Å². The molecule has 3 aliphatic carbocycles. The molecule has 0 radical (unpaired) electrons. The topological polar surface area (TPSA) is 0 Å². The van der Waals surface area contributed by atoms with Crippen molar-refractivity contribution in [3.05, 3.63) is 11.6 Å². The molecule has 3 rings (SSSR count). The van der Waals surface area contributed by atoms with Gasteiger partial charge >= 0.3 is 0 Å². The second-order valence-electron chi connectivity index (χ2n) is 5.98. The van der Waals surface area contributed by atoms with Crippen LogP contribution in [-0.4, -0.2) is 0 Å². The lowest BCUT2D eigenvalue weighted by atomic mass is 9.67. The molecule has 0 spiro atoms. The summed E-state index contributed by atoms with van der Waals surface area (Å²) in [4.78, 5) is 0. The second kappa shape index (κ2) is 4.31. The molecule has 0 heterocycles. The summed E-state index contributed by atoms with van der Waals surface area (Å²) < 4.78 is 0. The second-order valence-corrected chi connectivity index (χ2v) is 5.98. The lowest BCUT2D eigenvalue weighted by Crippen LogP contribution is -2.26. The van der Waals surface area contributed by atoms with E-state index in [2.05, 4.69) is 6.08 Å². The van der Waals surface area contributed by atoms with Crippen LogP contribution in [0.25, 0.3) is 0 Å². The minimum atomic E-state index is 0.989. The Balaban J connectivity index is 1.79. The van der Waals surface area contributed by atoms with E-state index in [9.17, 15) is 0 Å². The van der Waals surface area contributed by atoms with Gasteiger partial charge in [-0.3, -0.25) is 0 Å². The molecule has 3 atom stereocenters. The van der Waals surface area contributed by atoms with Gasteiger partial charge in [-0.15, -0.1) is 0 Å². The zero-order valence-electron chi connectivity index (χ0n) is 9.88. The van der Waals surface area contributed by atoms with E-state index in [0.29, 0.717) is 0 Å². The van der Waals surface area contributed by atoms with Gasteiger partial charge in [0.25, 0.3) is 0 Å². The van der Waals surface area contributed by atoms with E-state index in [1.807, 2.05) is 5.57 Å². The third-order valence-electron chi connectivity index (χ3n) is 5.03. The predicted octanol–water partition coefficient (Wildman–Crippen LogP) is 4.70. The lowest BCUT2D eigenvalue weighted by Gasteiger charge is -2.38. The van der Waals surface area contributed by atoms with Gasteiger partial charge in [0, 0.05) is 0 Å². The fourth-order valence-corrected chi connectivity index (χ4v) is 4.16. The average molecular weight is 204 g/mol. The summed E-state index contributed by atoms with van der Waals surface area (Å²) in [5.74, 6) is 3.07. The van der Waals surface area contributed by atoms with Gasteiger partial charge in [0.1, 0.15) is 0 Å². The summed E-state index contributed by atoms with van der Waals surface area (Å²) in [5, 5.41) is 0. The summed E-state index contributed by atoms with van der Waals surface area (Å²) in [6.45, 7) is 0. The minimum absolute atomic E-state index is 0.989. The van der Waals surface area contributed by atoms with E-state index >= 15 is 0 Å². The van der Waals surface area contributed by atoms with Crippen molar-refractivity contribution in [3.63, 3.8) is 0 Å². The van der Waals surface area contributed by atoms with Crippen LogP contribution in [0.5, 0.6) is 0 Å². The van der Waals surface area contributed by atoms with E-state index in [1.54, 1.807) is 6.42 Å². The van der Waals surface area contributed by atoms with Gasteiger partial charge in [-0.25, -0.2) is 0 Å². The normalized spacial score (nSPS) is 41.1. The highest BCUT2D eigenvalue weighted by atomic mass is 14.4. The highest BCUT2D eigenvalue weighted by Crippen LogP contribution is 2.45. The third kappa shape index (κ3) is 2.00. The minimum Gasteiger partial charge on any atom is -0.0817 e. The van der Waals surface area contributed by atoms with Crippen molar-refractivity contribution >= 4 is 0 Å². The Labute approximate surface area is 94.1 Å². The van der Waals surface area contributed by atoms with Gasteiger partial charge in [-0.05, 0) is 56.3 Å². The van der Waals surface area contributed by atoms with Crippen molar-refractivity contribution in [1.82, 2.24) is 0 Å². The summed E-state index contributed by atoms with van der Waals surface area (Å²) in [6, 6.07) is 0. The summed E-state index contributed by atoms with van der Waals surface area (Å²) in [6.07, 6.45) is 17.7. The van der Waals surface area contributed by atoms with Crippen molar-refractivity contribution in [1.29, 1.82) is 0 Å². The van der Waals surface area contributed by atoms with E-state index in [0.717, 1.165) is 17.8 Å². The van der Waals surface area contributed by atoms with Crippen LogP contribution < -0.4 is 0 Å². The van der Waals surface area contributed by atoms with Gasteiger partial charge in [-0.2, -0.15) is 0 Å². The van der Waals surface area contributed by atoms with Gasteiger partial charge in [-0.1, -0.05) is 37.3 Å². The zero-order valence-corrected chi connectivity index (χ0v) is 9.88. The molecular formula is C15H24. The van der Waals surface area contributed by atoms with Crippen LogP contribution in [0.1, 0.15) is 64.2 Å². The largest absolute Gasteiger partial charge is 0.0817 e. The maximum atomic E-state index is 2.73. The maximum absolute atomic E-state index is 2.73. The standard InChI is InChI=1S/C15H24/c1-2-6-12-10-14-8-4-5-9-15(14)11-13(12)7-3-1/h10,13-15H,1-9,11H2. The van der Waals surface area contributed by atoms with Crippen LogP contribution in [0, 0.1) is 17.8 Å². The summed E-state index contributed by atoms with van der Waals surface area (Å²) >= 11 is 0. The molecule has 0 heteroatoms. The van der Waals surface area contributed by atoms with Crippen LogP contribution in [0.3, 0.4) is 0 Å². The number of hydrogen-bond acceptors (Lipinski definition) is 0. The number of rotatable bonds is 0. The molecule has 0 aromatic rings. The first-order chi connectivity index (χ1) is 7.43. The van der Waals surface area contributed by atoms with E-state index in [4.69, 9.17) is 0 Å². The van der Waals surface area contributed by atoms with E-state index < -0.39 is 0 Å². The van der Waals surface area contributed by atoms with Crippen molar-refractivity contribution in [2.24, 2.45) is 17.8 Å². The first-order valence-corrected chi connectivity index (χ1v) is 7.14. The van der Waals surface area contributed by atoms with Gasteiger partial charge < -0.3 is 0 Å². The molecule has 0 amide bonds. The number of fused-ring (bicyclic) bond motifs is 2. The van der Waals surface area contributed by atoms with Crippen molar-refractivity contribution in [2.45, 2.75) is 64.2 Å². The molecule has 0 nitrogen and oxygen atoms in total. The Kier molecular flexibility index (Phi) is 2.86. The molecule has 0 saturated heterocycles. The quantitative estimate of drug-likeness (QED) is 0.502. The van der Waals surface area contributed by atoms with Crippen LogP contribution in [0.15, 0.2) is 11.6 Å². The summed E-state index contributed by atoms with van der Waals surface area (Å²) in [5.41, 5.74) is 1.87.